The summed E-state index contributed by atoms with van der Waals surface area (Å²) in [5, 5.41) is 0. The van der Waals surface area contributed by atoms with Crippen LogP contribution in [0.1, 0.15) is 100 Å². The molecule has 0 N–H and O–H groups in total. The van der Waals surface area contributed by atoms with Gasteiger partial charge in [-0.15, -0.1) is 0 Å². The molecule has 4 nitrogen and oxygen atoms in total. The number of hydrogen-bond donors (Lipinski definition) is 0. The molecule has 0 radical (unpaired) electrons. The Balaban J connectivity index is -0.0000000155. The topological polar surface area (TPSA) is 36.9 Å². The summed E-state index contributed by atoms with van der Waals surface area (Å²) in [4.78, 5) is 0. The molecule has 0 unspecified atom stereocenters. The Labute approximate surface area is 186 Å². The smallest absolute Gasteiger partial charge is 0.0700 e. The monoisotopic (exact) mass is 423 g/mol. The molecule has 0 atom stereocenters. The van der Waals surface area contributed by atoms with E-state index in [2.05, 4.69) is 34.6 Å². The van der Waals surface area contributed by atoms with Gasteiger partial charge in [-0.2, -0.15) is 0 Å². The second-order valence-corrected chi connectivity index (χ2v) is 5.30. The quantitative estimate of drug-likeness (QED) is 0.348. The van der Waals surface area contributed by atoms with E-state index in [1.54, 1.807) is 21.3 Å². The molecule has 0 aliphatic carbocycles. The van der Waals surface area contributed by atoms with Gasteiger partial charge in [-0.3, -0.25) is 0 Å². The van der Waals surface area contributed by atoms with Gasteiger partial charge in [-0.05, 0) is 18.3 Å². The summed E-state index contributed by atoms with van der Waals surface area (Å²) in [7, 11) is 5.11. The standard InChI is InChI=1S/C7H16O2.C5H12O.C4H10O.8CH4/c1-7(2)6-9-5-4-8-3;1-5(2)4-6-3;1-3-4-5-2;;;;;;;;/h7H,4-6H2,1-3H3;5H,4H2,1-3H3;3-4H2,1-2H3;8*1H4. The molecule has 0 aromatic carbocycles. The molecule has 0 rings (SSSR count). The van der Waals surface area contributed by atoms with Crippen LogP contribution in [0.4, 0.5) is 0 Å². The Morgan fingerprint density at radius 3 is 1.00 bits per heavy atom. The van der Waals surface area contributed by atoms with Crippen molar-refractivity contribution in [2.45, 2.75) is 100 Å². The van der Waals surface area contributed by atoms with Gasteiger partial charge in [0.15, 0.2) is 0 Å². The van der Waals surface area contributed by atoms with Crippen molar-refractivity contribution in [3.63, 3.8) is 0 Å². The predicted octanol–water partition coefficient (Wildman–Crippen LogP) is 8.73. The summed E-state index contributed by atoms with van der Waals surface area (Å²) >= 11 is 0. The molecule has 0 aromatic rings. The van der Waals surface area contributed by atoms with E-state index in [-0.39, 0.29) is 59.4 Å². The predicted molar refractivity (Wildman–Crippen MR) is 140 cm³/mol. The molecule has 0 spiro atoms. The molecule has 190 valence electrons. The van der Waals surface area contributed by atoms with Gasteiger partial charge in [0.2, 0.25) is 0 Å². The zero-order chi connectivity index (χ0) is 16.2. The van der Waals surface area contributed by atoms with Gasteiger partial charge < -0.3 is 18.9 Å². The van der Waals surface area contributed by atoms with Crippen molar-refractivity contribution in [2.24, 2.45) is 11.8 Å². The SMILES string of the molecule is C.C.C.C.C.C.C.C.CCCOC.COCC(C)C.COCCOCC(C)C. The van der Waals surface area contributed by atoms with Crippen LogP contribution in [0.2, 0.25) is 0 Å². The lowest BCUT2D eigenvalue weighted by molar-refractivity contribution is 0.0572. The van der Waals surface area contributed by atoms with Crippen LogP contribution in [0.25, 0.3) is 0 Å². The molecule has 28 heavy (non-hydrogen) atoms. The fourth-order valence-corrected chi connectivity index (χ4v) is 0.999. The molecule has 0 aliphatic rings. The summed E-state index contributed by atoms with van der Waals surface area (Å²) < 4.78 is 19.5. The summed E-state index contributed by atoms with van der Waals surface area (Å²) in [6.07, 6.45) is 1.12. The van der Waals surface area contributed by atoms with E-state index >= 15 is 0 Å². The van der Waals surface area contributed by atoms with E-state index in [0.29, 0.717) is 25.0 Å². The minimum absolute atomic E-state index is 0. The Hall–Kier alpha value is -0.160. The maximum Gasteiger partial charge on any atom is 0.0700 e. The molecule has 0 heterocycles. The van der Waals surface area contributed by atoms with E-state index in [0.717, 1.165) is 26.2 Å². The van der Waals surface area contributed by atoms with Crippen molar-refractivity contribution in [1.82, 2.24) is 0 Å². The highest BCUT2D eigenvalue weighted by molar-refractivity contribution is 4.38. The van der Waals surface area contributed by atoms with Crippen LogP contribution in [0.3, 0.4) is 0 Å². The molecular weight excluding hydrogens is 352 g/mol. The first-order chi connectivity index (χ1) is 9.45. The van der Waals surface area contributed by atoms with Crippen LogP contribution in [0.5, 0.6) is 0 Å². The normalized spacial score (nSPS) is 7.07. The molecule has 4 heteroatoms. The number of rotatable bonds is 9. The van der Waals surface area contributed by atoms with E-state index in [1.807, 2.05) is 0 Å². The summed E-state index contributed by atoms with van der Waals surface area (Å²) in [6, 6.07) is 0. The van der Waals surface area contributed by atoms with Crippen LogP contribution < -0.4 is 0 Å². The number of hydrogen-bond acceptors (Lipinski definition) is 4. The van der Waals surface area contributed by atoms with Crippen LogP contribution in [0.15, 0.2) is 0 Å². The van der Waals surface area contributed by atoms with E-state index in [4.69, 9.17) is 18.9 Å². The molecular formula is C24H70O4. The first kappa shape index (κ1) is 70.7. The Bertz CT molecular complexity index is 139. The maximum absolute atomic E-state index is 5.21. The van der Waals surface area contributed by atoms with Gasteiger partial charge >= 0.3 is 0 Å². The molecule has 0 fully saturated rings. The van der Waals surface area contributed by atoms with Crippen molar-refractivity contribution < 1.29 is 18.9 Å². The highest BCUT2D eigenvalue weighted by atomic mass is 16.5. The number of ether oxygens (including phenoxy) is 4. The fourth-order valence-electron chi connectivity index (χ4n) is 0.999. The molecule has 0 aromatic heterocycles. The first-order valence-electron chi connectivity index (χ1n) is 7.50. The average molecular weight is 423 g/mol. The molecule has 0 saturated heterocycles. The highest BCUT2D eigenvalue weighted by Crippen LogP contribution is 1.91. The first-order valence-corrected chi connectivity index (χ1v) is 7.50. The van der Waals surface area contributed by atoms with Gasteiger partial charge in [0.25, 0.3) is 0 Å². The van der Waals surface area contributed by atoms with Crippen molar-refractivity contribution in [2.75, 3.05) is 54.4 Å². The Morgan fingerprint density at radius 2 is 0.857 bits per heavy atom. The van der Waals surface area contributed by atoms with Crippen molar-refractivity contribution in [3.05, 3.63) is 0 Å². The Morgan fingerprint density at radius 1 is 0.500 bits per heavy atom. The molecule has 0 saturated carbocycles. The van der Waals surface area contributed by atoms with Crippen LogP contribution in [-0.4, -0.2) is 54.4 Å². The maximum atomic E-state index is 5.21. The zero-order valence-electron chi connectivity index (χ0n) is 15.0. The second-order valence-electron chi connectivity index (χ2n) is 5.30. The Kier molecular flexibility index (Phi) is 180. The van der Waals surface area contributed by atoms with Crippen molar-refractivity contribution >= 4 is 0 Å². The largest absolute Gasteiger partial charge is 0.385 e. The third-order valence-electron chi connectivity index (χ3n) is 1.79. The van der Waals surface area contributed by atoms with Gasteiger partial charge in [0.05, 0.1) is 13.2 Å². The van der Waals surface area contributed by atoms with Gasteiger partial charge in [-0.1, -0.05) is 94.0 Å². The van der Waals surface area contributed by atoms with Crippen molar-refractivity contribution in [3.8, 4) is 0 Å². The van der Waals surface area contributed by atoms with Crippen LogP contribution in [0, 0.1) is 11.8 Å². The summed E-state index contributed by atoms with van der Waals surface area (Å²) in [5.74, 6) is 1.30. The van der Waals surface area contributed by atoms with Crippen molar-refractivity contribution in [1.29, 1.82) is 0 Å². The highest BCUT2D eigenvalue weighted by Gasteiger charge is 1.91. The van der Waals surface area contributed by atoms with E-state index < -0.39 is 0 Å². The van der Waals surface area contributed by atoms with Crippen LogP contribution in [-0.2, 0) is 18.9 Å². The summed E-state index contributed by atoms with van der Waals surface area (Å²) in [6.45, 7) is 14.6. The minimum Gasteiger partial charge on any atom is -0.385 e. The average Bonchev–Trinajstić information content (AvgIpc) is 2.37. The van der Waals surface area contributed by atoms with Gasteiger partial charge in [0, 0.05) is 41.2 Å². The van der Waals surface area contributed by atoms with Crippen LogP contribution >= 0.6 is 0 Å². The van der Waals surface area contributed by atoms with Gasteiger partial charge in [-0.25, -0.2) is 0 Å². The minimum atomic E-state index is 0. The lowest BCUT2D eigenvalue weighted by atomic mass is 10.2. The molecule has 0 aliphatic heterocycles. The third kappa shape index (κ3) is 136. The molecule has 0 amide bonds. The van der Waals surface area contributed by atoms with E-state index in [1.165, 1.54) is 0 Å². The summed E-state index contributed by atoms with van der Waals surface area (Å²) in [5.41, 5.74) is 0. The number of methoxy groups -OCH3 is 3. The van der Waals surface area contributed by atoms with Gasteiger partial charge in [0.1, 0.15) is 0 Å². The zero-order valence-corrected chi connectivity index (χ0v) is 15.0. The lowest BCUT2D eigenvalue weighted by Crippen LogP contribution is -2.06. The second kappa shape index (κ2) is 71.4. The fraction of sp³-hybridized carbons (Fsp3) is 1.00. The third-order valence-corrected chi connectivity index (χ3v) is 1.79. The molecule has 0 bridgehead atoms. The lowest BCUT2D eigenvalue weighted by Gasteiger charge is -2.04. The van der Waals surface area contributed by atoms with E-state index in [9.17, 15) is 0 Å².